The van der Waals surface area contributed by atoms with Crippen LogP contribution in [0.3, 0.4) is 0 Å². The first kappa shape index (κ1) is 23.7. The lowest BCUT2D eigenvalue weighted by Crippen LogP contribution is -2.41. The Hall–Kier alpha value is -2.61. The van der Waals surface area contributed by atoms with Crippen molar-refractivity contribution in [2.75, 3.05) is 6.61 Å². The third-order valence-electron chi connectivity index (χ3n) is 3.53. The average molecular weight is 452 g/mol. The van der Waals surface area contributed by atoms with Crippen LogP contribution in [0.15, 0.2) is 17.7 Å². The summed E-state index contributed by atoms with van der Waals surface area (Å²) in [5, 5.41) is 0. The molecule has 4 nitrogen and oxygen atoms in total. The van der Waals surface area contributed by atoms with E-state index in [0.29, 0.717) is 0 Å². The van der Waals surface area contributed by atoms with Crippen LogP contribution in [0.4, 0.5) is 26.3 Å². The van der Waals surface area contributed by atoms with Gasteiger partial charge in [0.1, 0.15) is 19.6 Å². The molecule has 0 spiro atoms. The number of hydrogen-bond acceptors (Lipinski definition) is 4. The van der Waals surface area contributed by atoms with Crippen LogP contribution >= 0.6 is 0 Å². The minimum Gasteiger partial charge on any atom is -0.474 e. The molecular weight excluding hydrogens is 434 g/mol. The number of fused-ring (bicyclic) bond motifs is 1. The molecule has 0 radical (unpaired) electrons. The summed E-state index contributed by atoms with van der Waals surface area (Å²) in [7, 11) is -2.04. The van der Waals surface area contributed by atoms with Crippen LogP contribution in [0, 0.1) is 11.5 Å². The molecule has 30 heavy (non-hydrogen) atoms. The minimum absolute atomic E-state index is 0.197. The lowest BCUT2D eigenvalue weighted by molar-refractivity contribution is -0.274. The summed E-state index contributed by atoms with van der Waals surface area (Å²) < 4.78 is 92.2. The molecule has 164 valence electrons. The van der Waals surface area contributed by atoms with Crippen LogP contribution in [0.25, 0.3) is 6.08 Å². The van der Waals surface area contributed by atoms with Gasteiger partial charge in [-0.3, -0.25) is 0 Å². The Balaban J connectivity index is 2.71. The third-order valence-corrected chi connectivity index (χ3v) is 4.41. The molecule has 1 unspecified atom stereocenters. The fraction of sp³-hybridized carbons (Fsp3) is 0.421. The molecule has 1 aliphatic rings. The Morgan fingerprint density at radius 1 is 1.17 bits per heavy atom. The molecule has 2 rings (SSSR count). The minimum atomic E-state index is -5.03. The van der Waals surface area contributed by atoms with Gasteiger partial charge in [0.05, 0.1) is 17.7 Å². The van der Waals surface area contributed by atoms with Crippen molar-refractivity contribution >= 4 is 20.1 Å². The van der Waals surface area contributed by atoms with Gasteiger partial charge >= 0.3 is 18.5 Å². The molecule has 0 N–H and O–H groups in total. The van der Waals surface area contributed by atoms with Crippen molar-refractivity contribution in [3.63, 3.8) is 0 Å². The van der Waals surface area contributed by atoms with E-state index in [4.69, 9.17) is 4.74 Å². The first-order valence-corrected chi connectivity index (χ1v) is 12.2. The molecule has 0 saturated carbocycles. The smallest absolute Gasteiger partial charge is 0.474 e. The van der Waals surface area contributed by atoms with Crippen LogP contribution in [0.5, 0.6) is 11.5 Å². The van der Waals surface area contributed by atoms with Gasteiger partial charge < -0.3 is 14.2 Å². The fourth-order valence-corrected chi connectivity index (χ4v) is 2.96. The molecule has 0 aromatic heterocycles. The van der Waals surface area contributed by atoms with Gasteiger partial charge in [0.2, 0.25) is 6.10 Å². The van der Waals surface area contributed by atoms with Crippen LogP contribution in [-0.4, -0.2) is 39.3 Å². The van der Waals surface area contributed by atoms with Gasteiger partial charge in [-0.2, -0.15) is 13.2 Å². The first-order valence-electron chi connectivity index (χ1n) is 8.70. The summed E-state index contributed by atoms with van der Waals surface area (Å²) in [6.07, 6.45) is -11.9. The van der Waals surface area contributed by atoms with E-state index < -0.39 is 44.0 Å². The zero-order valence-corrected chi connectivity index (χ0v) is 17.4. The predicted molar refractivity (Wildman–Crippen MR) is 98.4 cm³/mol. The molecule has 0 amide bonds. The normalized spacial score (nSPS) is 16.5. The maximum Gasteiger partial charge on any atom is 0.573 e. The Labute approximate surface area is 169 Å². The van der Waals surface area contributed by atoms with E-state index in [2.05, 4.69) is 20.9 Å². The highest BCUT2D eigenvalue weighted by atomic mass is 28.3. The number of halogens is 6. The number of esters is 1. The van der Waals surface area contributed by atoms with Crippen LogP contribution in [0.2, 0.25) is 19.6 Å². The lowest BCUT2D eigenvalue weighted by Gasteiger charge is -2.29. The summed E-state index contributed by atoms with van der Waals surface area (Å²) in [5.74, 6) is 0.234. The molecule has 1 aromatic rings. The van der Waals surface area contributed by atoms with E-state index in [1.54, 1.807) is 0 Å². The Kier molecular flexibility index (Phi) is 6.51. The molecule has 1 aliphatic heterocycles. The Morgan fingerprint density at radius 3 is 2.30 bits per heavy atom. The second-order valence-corrected chi connectivity index (χ2v) is 12.0. The fourth-order valence-electron chi connectivity index (χ4n) is 2.45. The first-order chi connectivity index (χ1) is 13.6. The van der Waals surface area contributed by atoms with Crippen molar-refractivity contribution < 1.29 is 45.3 Å². The van der Waals surface area contributed by atoms with Crippen molar-refractivity contribution in [3.05, 3.63) is 28.8 Å². The van der Waals surface area contributed by atoms with E-state index in [1.807, 2.05) is 19.6 Å². The van der Waals surface area contributed by atoms with Crippen molar-refractivity contribution in [2.45, 2.75) is 45.2 Å². The van der Waals surface area contributed by atoms with Crippen molar-refractivity contribution in [3.8, 4) is 23.0 Å². The van der Waals surface area contributed by atoms with Crippen LogP contribution < -0.4 is 9.47 Å². The third kappa shape index (κ3) is 6.19. The summed E-state index contributed by atoms with van der Waals surface area (Å²) in [6, 6.07) is 1.68. The SMILES string of the molecule is CCOC(=O)C1=Cc2cc(OC(F)(F)F)cc(C#C[Si](C)(C)C)c2OC1C(F)(F)F. The van der Waals surface area contributed by atoms with Gasteiger partial charge in [-0.1, -0.05) is 25.6 Å². The molecule has 0 fully saturated rings. The van der Waals surface area contributed by atoms with E-state index in [9.17, 15) is 31.1 Å². The van der Waals surface area contributed by atoms with Gasteiger partial charge in [-0.05, 0) is 25.1 Å². The van der Waals surface area contributed by atoms with Gasteiger partial charge in [-0.15, -0.1) is 18.7 Å². The highest BCUT2D eigenvalue weighted by molar-refractivity contribution is 6.83. The number of carbonyl (C=O) groups is 1. The highest BCUT2D eigenvalue weighted by Gasteiger charge is 2.49. The molecule has 1 aromatic carbocycles. The molecule has 1 atom stereocenters. The number of rotatable bonds is 3. The molecular formula is C19H18F6O4Si. The Morgan fingerprint density at radius 2 is 1.80 bits per heavy atom. The number of benzene rings is 1. The monoisotopic (exact) mass is 452 g/mol. The van der Waals surface area contributed by atoms with Crippen molar-refractivity contribution in [1.82, 2.24) is 0 Å². The number of ether oxygens (including phenoxy) is 3. The van der Waals surface area contributed by atoms with E-state index in [1.165, 1.54) is 6.92 Å². The summed E-state index contributed by atoms with van der Waals surface area (Å²) in [4.78, 5) is 12.0. The van der Waals surface area contributed by atoms with E-state index in [0.717, 1.165) is 18.2 Å². The maximum atomic E-state index is 13.5. The Bertz CT molecular complexity index is 916. The lowest BCUT2D eigenvalue weighted by atomic mass is 9.98. The van der Waals surface area contributed by atoms with Crippen molar-refractivity contribution in [2.24, 2.45) is 0 Å². The molecule has 0 saturated heterocycles. The summed E-state index contributed by atoms with van der Waals surface area (Å²) in [5.41, 5.74) is 1.57. The van der Waals surface area contributed by atoms with Gasteiger partial charge in [0, 0.05) is 5.56 Å². The maximum absolute atomic E-state index is 13.5. The summed E-state index contributed by atoms with van der Waals surface area (Å²) in [6.45, 7) is 6.75. The quantitative estimate of drug-likeness (QED) is 0.278. The van der Waals surface area contributed by atoms with Gasteiger partial charge in [-0.25, -0.2) is 4.79 Å². The molecule has 0 bridgehead atoms. The summed E-state index contributed by atoms with van der Waals surface area (Å²) >= 11 is 0. The highest BCUT2D eigenvalue weighted by Crippen LogP contribution is 2.41. The number of hydrogen-bond donors (Lipinski definition) is 0. The van der Waals surface area contributed by atoms with Crippen molar-refractivity contribution in [1.29, 1.82) is 0 Å². The second-order valence-electron chi connectivity index (χ2n) is 7.30. The zero-order valence-electron chi connectivity index (χ0n) is 16.4. The average Bonchev–Trinajstić information content (AvgIpc) is 2.55. The molecule has 0 aliphatic carbocycles. The van der Waals surface area contributed by atoms with Crippen LogP contribution in [-0.2, 0) is 9.53 Å². The predicted octanol–water partition coefficient (Wildman–Crippen LogP) is 5.08. The molecule has 11 heteroatoms. The van der Waals surface area contributed by atoms with Gasteiger partial charge in [0.15, 0.2) is 0 Å². The van der Waals surface area contributed by atoms with E-state index >= 15 is 0 Å². The van der Waals surface area contributed by atoms with E-state index in [-0.39, 0.29) is 23.5 Å². The second kappa shape index (κ2) is 8.26. The van der Waals surface area contributed by atoms with Gasteiger partial charge in [0.25, 0.3) is 0 Å². The largest absolute Gasteiger partial charge is 0.573 e. The zero-order chi connectivity index (χ0) is 22.9. The topological polar surface area (TPSA) is 44.8 Å². The number of alkyl halides is 6. The standard InChI is InChI=1S/C19H18F6O4Si/c1-5-27-17(26)14-10-12-9-13(29-19(23,24)25)8-11(6-7-30(2,3)4)15(12)28-16(14)18(20,21)22/h8-10,16H,5H2,1-4H3. The molecule has 1 heterocycles. The van der Waals surface area contributed by atoms with Crippen LogP contribution in [0.1, 0.15) is 18.1 Å². The number of carbonyl (C=O) groups excluding carboxylic acids is 1.